The van der Waals surface area contributed by atoms with E-state index in [9.17, 15) is 4.79 Å². The topological polar surface area (TPSA) is 54.9 Å². The van der Waals surface area contributed by atoms with Crippen LogP contribution in [0.25, 0.3) is 0 Å². The molecule has 0 bridgehead atoms. The van der Waals surface area contributed by atoms with Gasteiger partial charge in [0.15, 0.2) is 5.78 Å². The molecule has 0 aliphatic heterocycles. The molecule has 0 radical (unpaired) electrons. The van der Waals surface area contributed by atoms with Gasteiger partial charge in [0.05, 0.1) is 11.3 Å². The first-order valence-corrected chi connectivity index (χ1v) is 9.03. The van der Waals surface area contributed by atoms with Crippen LogP contribution in [0.4, 0.5) is 11.6 Å². The number of anilines is 2. The number of aryl methyl sites for hydroxylation is 1. The fourth-order valence-corrected chi connectivity index (χ4v) is 3.42. The Kier molecular flexibility index (Phi) is 4.48. The number of hydrogen-bond donors (Lipinski definition) is 1. The molecule has 3 aromatic rings. The van der Waals surface area contributed by atoms with Crippen LogP contribution in [-0.2, 0) is 12.8 Å². The predicted molar refractivity (Wildman–Crippen MR) is 103 cm³/mol. The van der Waals surface area contributed by atoms with Crippen molar-refractivity contribution in [3.8, 4) is 0 Å². The highest BCUT2D eigenvalue weighted by Gasteiger charge is 2.27. The number of fused-ring (bicyclic) bond motifs is 1. The van der Waals surface area contributed by atoms with Crippen molar-refractivity contribution < 1.29 is 4.79 Å². The lowest BCUT2D eigenvalue weighted by molar-refractivity contribution is 0.0962. The van der Waals surface area contributed by atoms with Gasteiger partial charge in [-0.05, 0) is 42.0 Å². The van der Waals surface area contributed by atoms with Gasteiger partial charge in [-0.1, -0.05) is 49.4 Å². The van der Waals surface area contributed by atoms with Crippen molar-refractivity contribution >= 4 is 17.4 Å². The second-order valence-corrected chi connectivity index (χ2v) is 6.67. The maximum absolute atomic E-state index is 12.5. The second kappa shape index (κ2) is 7.08. The van der Waals surface area contributed by atoms with Gasteiger partial charge in [0.1, 0.15) is 0 Å². The highest BCUT2D eigenvalue weighted by molar-refractivity contribution is 5.98. The van der Waals surface area contributed by atoms with Crippen molar-refractivity contribution in [3.05, 3.63) is 83.2 Å². The number of ketones is 1. The van der Waals surface area contributed by atoms with E-state index in [2.05, 4.69) is 46.5 Å². The van der Waals surface area contributed by atoms with E-state index in [0.717, 1.165) is 24.2 Å². The summed E-state index contributed by atoms with van der Waals surface area (Å²) in [5.41, 5.74) is 4.92. The maximum atomic E-state index is 12.5. The molecule has 0 spiro atoms. The summed E-state index contributed by atoms with van der Waals surface area (Å²) in [5, 5.41) is 3.24. The number of benzene rings is 2. The molecule has 4 nitrogen and oxygen atoms in total. The first kappa shape index (κ1) is 16.5. The minimum Gasteiger partial charge on any atom is -0.324 e. The minimum absolute atomic E-state index is 0.124. The average molecular weight is 343 g/mol. The van der Waals surface area contributed by atoms with E-state index >= 15 is 0 Å². The van der Waals surface area contributed by atoms with Crippen LogP contribution >= 0.6 is 0 Å². The van der Waals surface area contributed by atoms with Crippen LogP contribution in [-0.4, -0.2) is 15.8 Å². The third-order valence-electron chi connectivity index (χ3n) is 4.93. The molecule has 26 heavy (non-hydrogen) atoms. The van der Waals surface area contributed by atoms with Crippen molar-refractivity contribution in [3.63, 3.8) is 0 Å². The van der Waals surface area contributed by atoms with E-state index in [1.54, 1.807) is 6.20 Å². The van der Waals surface area contributed by atoms with Crippen LogP contribution in [0, 0.1) is 0 Å². The van der Waals surface area contributed by atoms with Gasteiger partial charge >= 0.3 is 0 Å². The lowest BCUT2D eigenvalue weighted by atomic mass is 9.82. The number of hydrogen-bond acceptors (Lipinski definition) is 4. The van der Waals surface area contributed by atoms with Gasteiger partial charge in [-0.3, -0.25) is 4.79 Å². The summed E-state index contributed by atoms with van der Waals surface area (Å²) in [4.78, 5) is 21.5. The lowest BCUT2D eigenvalue weighted by Crippen LogP contribution is -2.21. The number of carbonyl (C=O) groups excluding carboxylic acids is 1. The Morgan fingerprint density at radius 3 is 2.54 bits per heavy atom. The third-order valence-corrected chi connectivity index (χ3v) is 4.93. The van der Waals surface area contributed by atoms with E-state index in [1.165, 1.54) is 11.1 Å². The van der Waals surface area contributed by atoms with Gasteiger partial charge in [0.2, 0.25) is 5.95 Å². The van der Waals surface area contributed by atoms with Crippen LogP contribution in [0.5, 0.6) is 0 Å². The summed E-state index contributed by atoms with van der Waals surface area (Å²) < 4.78 is 0. The first-order valence-electron chi connectivity index (χ1n) is 9.03. The van der Waals surface area contributed by atoms with Crippen molar-refractivity contribution in [1.29, 1.82) is 0 Å². The molecule has 4 rings (SSSR count). The molecule has 1 atom stereocenters. The molecule has 4 heteroatoms. The van der Waals surface area contributed by atoms with E-state index in [0.29, 0.717) is 17.9 Å². The quantitative estimate of drug-likeness (QED) is 0.746. The number of Topliss-reactive ketones (excluding diaryl/α,β-unsaturated/α-hetero) is 1. The van der Waals surface area contributed by atoms with Crippen LogP contribution in [0.2, 0.25) is 0 Å². The van der Waals surface area contributed by atoms with Gasteiger partial charge in [-0.25, -0.2) is 9.97 Å². The van der Waals surface area contributed by atoms with Crippen molar-refractivity contribution in [2.75, 3.05) is 5.32 Å². The Morgan fingerprint density at radius 1 is 1.04 bits per heavy atom. The molecule has 1 aliphatic carbocycles. The maximum Gasteiger partial charge on any atom is 0.227 e. The van der Waals surface area contributed by atoms with E-state index < -0.39 is 0 Å². The van der Waals surface area contributed by atoms with Gasteiger partial charge < -0.3 is 5.32 Å². The molecule has 1 unspecified atom stereocenters. The van der Waals surface area contributed by atoms with Crippen molar-refractivity contribution in [2.45, 2.75) is 32.1 Å². The Bertz CT molecular complexity index is 920. The lowest BCUT2D eigenvalue weighted by Gasteiger charge is -2.23. The van der Waals surface area contributed by atoms with Crippen LogP contribution in [0.15, 0.2) is 60.8 Å². The third kappa shape index (κ3) is 3.36. The molecular formula is C22H21N3O. The number of carbonyl (C=O) groups is 1. The van der Waals surface area contributed by atoms with Crippen molar-refractivity contribution in [2.24, 2.45) is 0 Å². The van der Waals surface area contributed by atoms with Gasteiger partial charge in [-0.2, -0.15) is 0 Å². The largest absolute Gasteiger partial charge is 0.324 e. The number of rotatable bonds is 4. The zero-order chi connectivity index (χ0) is 17.9. The molecule has 0 saturated carbocycles. The summed E-state index contributed by atoms with van der Waals surface area (Å²) in [6.07, 6.45) is 3.95. The Morgan fingerprint density at radius 2 is 1.81 bits per heavy atom. The molecule has 1 aromatic heterocycles. The second-order valence-electron chi connectivity index (χ2n) is 6.67. The van der Waals surface area contributed by atoms with E-state index in [4.69, 9.17) is 0 Å². The molecular weight excluding hydrogens is 322 g/mol. The molecule has 130 valence electrons. The molecule has 0 saturated heterocycles. The number of aromatic nitrogens is 2. The molecule has 0 amide bonds. The summed E-state index contributed by atoms with van der Waals surface area (Å²) in [6, 6.07) is 18.4. The summed E-state index contributed by atoms with van der Waals surface area (Å²) in [5.74, 6) is 0.844. The first-order chi connectivity index (χ1) is 12.7. The van der Waals surface area contributed by atoms with Crippen LogP contribution in [0.1, 0.15) is 46.4 Å². The average Bonchev–Trinajstić information content (AvgIpc) is 2.69. The fraction of sp³-hybridized carbons (Fsp3) is 0.227. The van der Waals surface area contributed by atoms with Crippen LogP contribution < -0.4 is 5.32 Å². The van der Waals surface area contributed by atoms with E-state index in [1.807, 2.05) is 30.3 Å². The van der Waals surface area contributed by atoms with Crippen molar-refractivity contribution in [1.82, 2.24) is 9.97 Å². The normalized spacial score (nSPS) is 16.2. The van der Waals surface area contributed by atoms with E-state index in [-0.39, 0.29) is 11.7 Å². The molecule has 0 fully saturated rings. The Hall–Kier alpha value is -3.01. The summed E-state index contributed by atoms with van der Waals surface area (Å²) in [6.45, 7) is 2.13. The monoisotopic (exact) mass is 343 g/mol. The molecule has 1 aliphatic rings. The zero-order valence-corrected chi connectivity index (χ0v) is 14.8. The summed E-state index contributed by atoms with van der Waals surface area (Å²) in [7, 11) is 0. The highest BCUT2D eigenvalue weighted by Crippen LogP contribution is 2.32. The number of nitrogens with zero attached hydrogens (tertiary/aromatic N) is 2. The molecule has 1 heterocycles. The highest BCUT2D eigenvalue weighted by atomic mass is 16.1. The number of nitrogens with one attached hydrogen (secondary N) is 1. The van der Waals surface area contributed by atoms with Crippen LogP contribution in [0.3, 0.4) is 0 Å². The Balaban J connectivity index is 1.58. The molecule has 2 aromatic carbocycles. The van der Waals surface area contributed by atoms with Gasteiger partial charge in [-0.15, -0.1) is 0 Å². The zero-order valence-electron chi connectivity index (χ0n) is 14.8. The van der Waals surface area contributed by atoms with Gasteiger partial charge in [0, 0.05) is 18.3 Å². The Labute approximate surface area is 153 Å². The smallest absolute Gasteiger partial charge is 0.227 e. The minimum atomic E-state index is 0.124. The fourth-order valence-electron chi connectivity index (χ4n) is 3.42. The summed E-state index contributed by atoms with van der Waals surface area (Å²) >= 11 is 0. The standard InChI is InChI=1S/C22H21N3O/c1-2-15-8-10-18(11-9-15)24-22-23-14-19-20(25-22)12-17(13-21(19)26)16-6-4-3-5-7-16/h3-11,14,17H,2,12-13H2,1H3,(H,23,24,25). The predicted octanol–water partition coefficient (Wildman–Crippen LogP) is 4.70. The van der Waals surface area contributed by atoms with Gasteiger partial charge in [0.25, 0.3) is 0 Å². The SMILES string of the molecule is CCc1ccc(Nc2ncc3c(n2)CC(c2ccccc2)CC3=O)cc1. The molecule has 1 N–H and O–H groups in total.